The Labute approximate surface area is 160 Å². The number of ether oxygens (including phenoxy) is 1. The van der Waals surface area contributed by atoms with E-state index in [2.05, 4.69) is 14.7 Å². The first kappa shape index (κ1) is 18.7. The van der Waals surface area contributed by atoms with Gasteiger partial charge in [-0.15, -0.1) is 0 Å². The fourth-order valence-corrected chi connectivity index (χ4v) is 4.54. The van der Waals surface area contributed by atoms with Gasteiger partial charge in [-0.2, -0.15) is 13.2 Å². The average Bonchev–Trinajstić information content (AvgIpc) is 3.26. The molecule has 1 aromatic carbocycles. The number of esters is 1. The minimum atomic E-state index is -4.32. The van der Waals surface area contributed by atoms with Crippen LogP contribution >= 0.6 is 0 Å². The molecule has 1 aromatic heterocycles. The number of halogens is 3. The zero-order chi connectivity index (χ0) is 19.9. The van der Waals surface area contributed by atoms with E-state index < -0.39 is 17.7 Å². The van der Waals surface area contributed by atoms with Crippen molar-refractivity contribution in [3.05, 3.63) is 53.3 Å². The van der Waals surface area contributed by atoms with E-state index in [1.807, 2.05) is 4.90 Å². The molecule has 1 saturated carbocycles. The van der Waals surface area contributed by atoms with Crippen LogP contribution in [-0.2, 0) is 10.9 Å². The molecule has 1 aliphatic heterocycles. The number of nitrogens with zero attached hydrogens (tertiary/aromatic N) is 3. The quantitative estimate of drug-likeness (QED) is 0.743. The fraction of sp³-hybridized carbons (Fsp3) is 0.450. The minimum Gasteiger partial charge on any atom is -0.465 e. The Hall–Kier alpha value is -2.64. The number of rotatable bonds is 3. The van der Waals surface area contributed by atoms with Crippen LogP contribution in [0.2, 0.25) is 0 Å². The van der Waals surface area contributed by atoms with Gasteiger partial charge in [-0.05, 0) is 42.2 Å². The molecule has 2 aromatic rings. The summed E-state index contributed by atoms with van der Waals surface area (Å²) in [5.74, 6) is 0.605. The van der Waals surface area contributed by atoms with Gasteiger partial charge in [-0.3, -0.25) is 0 Å². The number of anilines is 1. The number of hydrogen-bond acceptors (Lipinski definition) is 5. The van der Waals surface area contributed by atoms with E-state index in [9.17, 15) is 18.0 Å². The van der Waals surface area contributed by atoms with Crippen molar-refractivity contribution in [3.63, 3.8) is 0 Å². The summed E-state index contributed by atoms with van der Waals surface area (Å²) in [4.78, 5) is 22.0. The summed E-state index contributed by atoms with van der Waals surface area (Å²) >= 11 is 0. The summed E-state index contributed by atoms with van der Waals surface area (Å²) in [5.41, 5.74) is 0.183. The number of aromatic nitrogens is 2. The number of alkyl halides is 3. The Morgan fingerprint density at radius 1 is 1.11 bits per heavy atom. The van der Waals surface area contributed by atoms with E-state index in [4.69, 9.17) is 0 Å². The highest BCUT2D eigenvalue weighted by Gasteiger charge is 2.44. The molecule has 0 bridgehead atoms. The molecule has 1 unspecified atom stereocenters. The number of fused-ring (bicyclic) bond motifs is 1. The van der Waals surface area contributed by atoms with Gasteiger partial charge in [0, 0.05) is 25.5 Å². The van der Waals surface area contributed by atoms with E-state index in [1.165, 1.54) is 31.6 Å². The minimum absolute atomic E-state index is 0.0717. The van der Waals surface area contributed by atoms with Gasteiger partial charge in [0.2, 0.25) is 5.95 Å². The molecule has 0 radical (unpaired) electrons. The maximum absolute atomic E-state index is 13.3. The Morgan fingerprint density at radius 3 is 2.29 bits per heavy atom. The van der Waals surface area contributed by atoms with Crippen LogP contribution in [0.25, 0.3) is 0 Å². The molecule has 28 heavy (non-hydrogen) atoms. The molecule has 0 spiro atoms. The molecule has 8 heteroatoms. The Balaban J connectivity index is 1.45. The highest BCUT2D eigenvalue weighted by atomic mass is 19.4. The molecule has 1 saturated heterocycles. The van der Waals surface area contributed by atoms with Gasteiger partial charge in [0.1, 0.15) is 0 Å². The third-order valence-corrected chi connectivity index (χ3v) is 5.80. The number of hydrogen-bond donors (Lipinski definition) is 0. The van der Waals surface area contributed by atoms with E-state index in [0.717, 1.165) is 12.8 Å². The molecular formula is C20H20F3N3O2. The lowest BCUT2D eigenvalue weighted by molar-refractivity contribution is -0.138. The second-order valence-electron chi connectivity index (χ2n) is 7.44. The first-order chi connectivity index (χ1) is 13.4. The summed E-state index contributed by atoms with van der Waals surface area (Å²) < 4.78 is 44.6. The van der Waals surface area contributed by atoms with Gasteiger partial charge in [0.25, 0.3) is 0 Å². The van der Waals surface area contributed by atoms with Crippen molar-refractivity contribution in [2.24, 2.45) is 11.8 Å². The van der Waals surface area contributed by atoms with Crippen molar-refractivity contribution in [1.29, 1.82) is 0 Å². The summed E-state index contributed by atoms with van der Waals surface area (Å²) in [7, 11) is 1.30. The van der Waals surface area contributed by atoms with E-state index >= 15 is 0 Å². The highest BCUT2D eigenvalue weighted by Crippen LogP contribution is 2.49. The molecule has 0 amide bonds. The average molecular weight is 391 g/mol. The van der Waals surface area contributed by atoms with Crippen LogP contribution in [0, 0.1) is 11.8 Å². The Morgan fingerprint density at radius 2 is 1.71 bits per heavy atom. The Bertz CT molecular complexity index is 856. The Kier molecular flexibility index (Phi) is 4.72. The highest BCUT2D eigenvalue weighted by molar-refractivity contribution is 5.88. The summed E-state index contributed by atoms with van der Waals surface area (Å²) in [6.07, 6.45) is 0.00779. The molecular weight excluding hydrogens is 371 g/mol. The van der Waals surface area contributed by atoms with Crippen LogP contribution in [0.15, 0.2) is 36.7 Å². The van der Waals surface area contributed by atoms with Crippen LogP contribution in [0.5, 0.6) is 0 Å². The molecule has 5 nitrogen and oxygen atoms in total. The lowest BCUT2D eigenvalue weighted by Crippen LogP contribution is -2.24. The second-order valence-corrected chi connectivity index (χ2v) is 7.44. The van der Waals surface area contributed by atoms with Crippen LogP contribution in [0.1, 0.15) is 40.2 Å². The van der Waals surface area contributed by atoms with E-state index in [1.54, 1.807) is 12.1 Å². The summed E-state index contributed by atoms with van der Waals surface area (Å²) in [6, 6.07) is 5.91. The van der Waals surface area contributed by atoms with Gasteiger partial charge < -0.3 is 9.64 Å². The predicted octanol–water partition coefficient (Wildman–Crippen LogP) is 3.91. The largest absolute Gasteiger partial charge is 0.465 e. The molecule has 1 aliphatic carbocycles. The van der Waals surface area contributed by atoms with Crippen LogP contribution in [0.3, 0.4) is 0 Å². The number of carbonyl (C=O) groups excluding carboxylic acids is 1. The molecule has 4 rings (SSSR count). The predicted molar refractivity (Wildman–Crippen MR) is 96.0 cm³/mol. The van der Waals surface area contributed by atoms with Crippen molar-refractivity contribution >= 4 is 11.9 Å². The third-order valence-electron chi connectivity index (χ3n) is 5.80. The topological polar surface area (TPSA) is 55.3 Å². The first-order valence-electron chi connectivity index (χ1n) is 9.18. The zero-order valence-corrected chi connectivity index (χ0v) is 15.3. The summed E-state index contributed by atoms with van der Waals surface area (Å²) in [6.45, 7) is 1.43. The fourth-order valence-electron chi connectivity index (χ4n) is 4.54. The monoisotopic (exact) mass is 391 g/mol. The number of carbonyl (C=O) groups is 1. The van der Waals surface area contributed by atoms with Gasteiger partial charge in [0.05, 0.1) is 18.2 Å². The standard InChI is InChI=1S/C20H20F3N3O2/c1-28-18(27)15-8-24-19(25-9-15)26-10-13-6-12(7-14(13)11-26)16-4-2-3-5-17(16)20(21,22)23/h2-5,8-9,12-14H,6-7,10-11H2,1H3/t12?,13-,14+. The second kappa shape index (κ2) is 7.07. The van der Waals surface area contributed by atoms with Gasteiger partial charge in [-0.1, -0.05) is 18.2 Å². The SMILES string of the molecule is COC(=O)c1cnc(N2C[C@H]3CC(c4ccccc4C(F)(F)F)C[C@H]3C2)nc1. The van der Waals surface area contributed by atoms with E-state index in [-0.39, 0.29) is 11.5 Å². The van der Waals surface area contributed by atoms with Crippen LogP contribution in [-0.4, -0.2) is 36.1 Å². The van der Waals surface area contributed by atoms with E-state index in [0.29, 0.717) is 36.4 Å². The molecule has 3 atom stereocenters. The van der Waals surface area contributed by atoms with Crippen molar-refractivity contribution in [1.82, 2.24) is 9.97 Å². The molecule has 0 N–H and O–H groups in total. The van der Waals surface area contributed by atoms with Crippen molar-refractivity contribution < 1.29 is 22.7 Å². The van der Waals surface area contributed by atoms with Gasteiger partial charge in [-0.25, -0.2) is 14.8 Å². The molecule has 148 valence electrons. The third kappa shape index (κ3) is 3.43. The van der Waals surface area contributed by atoms with Crippen molar-refractivity contribution in [3.8, 4) is 0 Å². The molecule has 2 heterocycles. The maximum atomic E-state index is 13.3. The van der Waals surface area contributed by atoms with Crippen molar-refractivity contribution in [2.45, 2.75) is 24.9 Å². The van der Waals surface area contributed by atoms with Crippen LogP contribution < -0.4 is 4.90 Å². The molecule has 2 fully saturated rings. The lowest BCUT2D eigenvalue weighted by Gasteiger charge is -2.21. The smallest absolute Gasteiger partial charge is 0.416 e. The summed E-state index contributed by atoms with van der Waals surface area (Å²) in [5, 5.41) is 0. The molecule has 2 aliphatic rings. The van der Waals surface area contributed by atoms with Gasteiger partial charge >= 0.3 is 12.1 Å². The number of methoxy groups -OCH3 is 1. The number of benzene rings is 1. The first-order valence-corrected chi connectivity index (χ1v) is 9.18. The van der Waals surface area contributed by atoms with Gasteiger partial charge in [0.15, 0.2) is 0 Å². The van der Waals surface area contributed by atoms with Crippen LogP contribution in [0.4, 0.5) is 19.1 Å². The normalized spacial score (nSPS) is 24.3. The zero-order valence-electron chi connectivity index (χ0n) is 15.3. The maximum Gasteiger partial charge on any atom is 0.416 e. The lowest BCUT2D eigenvalue weighted by atomic mass is 9.91. The van der Waals surface area contributed by atoms with Crippen molar-refractivity contribution in [2.75, 3.05) is 25.1 Å².